The lowest BCUT2D eigenvalue weighted by Gasteiger charge is -2.46. The van der Waals surface area contributed by atoms with Crippen LogP contribution in [0.5, 0.6) is 0 Å². The van der Waals surface area contributed by atoms with Crippen molar-refractivity contribution in [1.82, 2.24) is 14.3 Å². The van der Waals surface area contributed by atoms with Crippen LogP contribution in [0.2, 0.25) is 18.1 Å². The monoisotopic (exact) mass is 534 g/mol. The van der Waals surface area contributed by atoms with Crippen LogP contribution in [0.4, 0.5) is 5.69 Å². The Bertz CT molecular complexity index is 1290. The zero-order valence-electron chi connectivity index (χ0n) is 22.1. The number of benzene rings is 1. The fourth-order valence-corrected chi connectivity index (χ4v) is 6.45. The zero-order chi connectivity index (χ0) is 26.4. The first kappa shape index (κ1) is 25.8. The Hall–Kier alpha value is -2.88. The van der Waals surface area contributed by atoms with Crippen LogP contribution in [0.1, 0.15) is 65.3 Å². The molecular weight excluding hydrogens is 500 g/mol. The van der Waals surface area contributed by atoms with Gasteiger partial charge in [0.2, 0.25) is 0 Å². The third-order valence-electron chi connectivity index (χ3n) is 7.61. The van der Waals surface area contributed by atoms with Crippen LogP contribution in [0.3, 0.4) is 0 Å². The molecule has 0 bridgehead atoms. The van der Waals surface area contributed by atoms with Crippen LogP contribution in [0.15, 0.2) is 48.7 Å². The van der Waals surface area contributed by atoms with E-state index in [1.54, 1.807) is 23.2 Å². The summed E-state index contributed by atoms with van der Waals surface area (Å²) >= 11 is 1.24. The SMILES string of the molecule is CC(C)(C)[Si](C)(C)OC1CN(C(=O)c2ccc(NC(=O)c3snc(-c4ccccc4)c3C3CC3)cn2)C1. The lowest BCUT2D eigenvalue weighted by atomic mass is 10.0. The van der Waals surface area contributed by atoms with Gasteiger partial charge in [-0.25, -0.2) is 4.98 Å². The van der Waals surface area contributed by atoms with E-state index in [-0.39, 0.29) is 23.0 Å². The van der Waals surface area contributed by atoms with Crippen molar-refractivity contribution in [2.24, 2.45) is 0 Å². The predicted octanol–water partition coefficient (Wildman–Crippen LogP) is 6.18. The molecule has 3 aromatic rings. The number of carbonyl (C=O) groups excluding carboxylic acids is 2. The number of amides is 2. The Morgan fingerprint density at radius 3 is 2.38 bits per heavy atom. The molecule has 2 fully saturated rings. The molecule has 1 saturated heterocycles. The van der Waals surface area contributed by atoms with Gasteiger partial charge in [-0.1, -0.05) is 51.1 Å². The molecule has 1 aliphatic heterocycles. The molecule has 2 aromatic heterocycles. The summed E-state index contributed by atoms with van der Waals surface area (Å²) in [5.41, 5.74) is 3.91. The smallest absolute Gasteiger partial charge is 0.272 e. The summed E-state index contributed by atoms with van der Waals surface area (Å²) < 4.78 is 11.0. The van der Waals surface area contributed by atoms with Gasteiger partial charge in [-0.05, 0) is 60.6 Å². The summed E-state index contributed by atoms with van der Waals surface area (Å²) in [6.07, 6.45) is 3.79. The summed E-state index contributed by atoms with van der Waals surface area (Å²) in [6, 6.07) is 13.4. The zero-order valence-corrected chi connectivity index (χ0v) is 23.9. The molecular formula is C28H34N4O3SSi. The largest absolute Gasteiger partial charge is 0.410 e. The van der Waals surface area contributed by atoms with Crippen molar-refractivity contribution < 1.29 is 14.0 Å². The van der Waals surface area contributed by atoms with Gasteiger partial charge in [0, 0.05) is 24.2 Å². The van der Waals surface area contributed by atoms with Crippen molar-refractivity contribution in [3.05, 3.63) is 64.8 Å². The number of aromatic nitrogens is 2. The van der Waals surface area contributed by atoms with E-state index < -0.39 is 8.32 Å². The third-order valence-corrected chi connectivity index (χ3v) is 13.0. The number of pyridine rings is 1. The van der Waals surface area contributed by atoms with E-state index in [0.717, 1.165) is 29.7 Å². The lowest BCUT2D eigenvalue weighted by Crippen LogP contribution is -2.59. The van der Waals surface area contributed by atoms with Crippen LogP contribution >= 0.6 is 11.5 Å². The molecule has 2 amide bonds. The highest BCUT2D eigenvalue weighted by atomic mass is 32.1. The topological polar surface area (TPSA) is 84.4 Å². The molecule has 1 aliphatic carbocycles. The summed E-state index contributed by atoms with van der Waals surface area (Å²) in [7, 11) is -1.86. The lowest BCUT2D eigenvalue weighted by molar-refractivity contribution is 0.0114. The van der Waals surface area contributed by atoms with Gasteiger partial charge in [0.15, 0.2) is 8.32 Å². The molecule has 1 saturated carbocycles. The number of anilines is 1. The minimum atomic E-state index is -1.86. The van der Waals surface area contributed by atoms with Crippen molar-refractivity contribution in [3.8, 4) is 11.3 Å². The summed E-state index contributed by atoms with van der Waals surface area (Å²) in [5.74, 6) is 0.0866. The van der Waals surface area contributed by atoms with Crippen LogP contribution in [0.25, 0.3) is 11.3 Å². The molecule has 0 unspecified atom stereocenters. The molecule has 0 atom stereocenters. The van der Waals surface area contributed by atoms with E-state index in [9.17, 15) is 9.59 Å². The van der Waals surface area contributed by atoms with Gasteiger partial charge in [0.05, 0.1) is 23.7 Å². The maximum atomic E-state index is 13.2. The highest BCUT2D eigenvalue weighted by molar-refractivity contribution is 7.08. The second-order valence-corrected chi connectivity index (χ2v) is 17.0. The van der Waals surface area contributed by atoms with Gasteiger partial charge in [0.25, 0.3) is 11.8 Å². The average Bonchev–Trinajstić information content (AvgIpc) is 3.58. The van der Waals surface area contributed by atoms with E-state index in [1.807, 2.05) is 30.3 Å². The van der Waals surface area contributed by atoms with Crippen LogP contribution in [-0.4, -0.2) is 53.6 Å². The maximum absolute atomic E-state index is 13.2. The van der Waals surface area contributed by atoms with Gasteiger partial charge >= 0.3 is 0 Å². The second kappa shape index (κ2) is 9.77. The molecule has 0 spiro atoms. The minimum absolute atomic E-state index is 0.0873. The van der Waals surface area contributed by atoms with Gasteiger partial charge < -0.3 is 14.6 Å². The van der Waals surface area contributed by atoms with Gasteiger partial charge in [-0.3, -0.25) is 9.59 Å². The number of nitrogens with one attached hydrogen (secondary N) is 1. The van der Waals surface area contributed by atoms with E-state index in [0.29, 0.717) is 35.3 Å². The maximum Gasteiger partial charge on any atom is 0.272 e. The predicted molar refractivity (Wildman–Crippen MR) is 150 cm³/mol. The molecule has 1 aromatic carbocycles. The second-order valence-electron chi connectivity index (χ2n) is 11.5. The van der Waals surface area contributed by atoms with E-state index in [1.165, 1.54) is 11.5 Å². The number of likely N-dealkylation sites (tertiary alicyclic amines) is 1. The number of rotatable bonds is 7. The first-order valence-electron chi connectivity index (χ1n) is 12.8. The molecule has 37 heavy (non-hydrogen) atoms. The molecule has 0 radical (unpaired) electrons. The average molecular weight is 535 g/mol. The number of nitrogens with zero attached hydrogens (tertiary/aromatic N) is 3. The van der Waals surface area contributed by atoms with Crippen molar-refractivity contribution in [1.29, 1.82) is 0 Å². The Morgan fingerprint density at radius 1 is 1.08 bits per heavy atom. The summed E-state index contributed by atoms with van der Waals surface area (Å²) in [5, 5.41) is 3.08. The first-order valence-corrected chi connectivity index (χ1v) is 16.5. The number of carbonyl (C=O) groups is 2. The quantitative estimate of drug-likeness (QED) is 0.366. The first-order chi connectivity index (χ1) is 17.5. The van der Waals surface area contributed by atoms with Crippen molar-refractivity contribution >= 4 is 37.4 Å². The van der Waals surface area contributed by atoms with Gasteiger partial charge in [-0.2, -0.15) is 4.37 Å². The van der Waals surface area contributed by atoms with Crippen LogP contribution in [0, 0.1) is 0 Å². The highest BCUT2D eigenvalue weighted by Gasteiger charge is 2.43. The Balaban J connectivity index is 1.21. The van der Waals surface area contributed by atoms with Crippen molar-refractivity contribution in [2.45, 2.75) is 63.8 Å². The van der Waals surface area contributed by atoms with E-state index in [2.05, 4.69) is 48.5 Å². The van der Waals surface area contributed by atoms with Gasteiger partial charge in [0.1, 0.15) is 10.6 Å². The van der Waals surface area contributed by atoms with Crippen molar-refractivity contribution in [2.75, 3.05) is 18.4 Å². The number of hydrogen-bond acceptors (Lipinski definition) is 6. The molecule has 1 N–H and O–H groups in total. The Labute approximate surface area is 223 Å². The van der Waals surface area contributed by atoms with E-state index >= 15 is 0 Å². The molecule has 194 valence electrons. The van der Waals surface area contributed by atoms with Crippen LogP contribution in [-0.2, 0) is 4.43 Å². The highest BCUT2D eigenvalue weighted by Crippen LogP contribution is 2.47. The fraction of sp³-hybridized carbons (Fsp3) is 0.429. The summed E-state index contributed by atoms with van der Waals surface area (Å²) in [6.45, 7) is 12.3. The van der Waals surface area contributed by atoms with Gasteiger partial charge in [-0.15, -0.1) is 0 Å². The molecule has 5 rings (SSSR count). The minimum Gasteiger partial charge on any atom is -0.410 e. The van der Waals surface area contributed by atoms with Crippen LogP contribution < -0.4 is 5.32 Å². The number of hydrogen-bond donors (Lipinski definition) is 1. The molecule has 7 nitrogen and oxygen atoms in total. The molecule has 3 heterocycles. The Kier molecular flexibility index (Phi) is 6.80. The summed E-state index contributed by atoms with van der Waals surface area (Å²) in [4.78, 5) is 32.8. The fourth-order valence-electron chi connectivity index (χ4n) is 4.23. The van der Waals surface area contributed by atoms with E-state index in [4.69, 9.17) is 4.43 Å². The molecule has 9 heteroatoms. The Morgan fingerprint density at radius 2 is 1.78 bits per heavy atom. The third kappa shape index (κ3) is 5.39. The molecule has 2 aliphatic rings. The van der Waals surface area contributed by atoms with Crippen molar-refractivity contribution in [3.63, 3.8) is 0 Å². The normalized spacial score (nSPS) is 16.4. The standard InChI is InChI=1S/C28H34N4O3SSi/c1-28(2,3)37(4,5)35-21-16-32(17-21)27(34)22-14-13-20(15-29-22)30-26(33)25-23(18-11-12-18)24(31-36-25)19-9-7-6-8-10-19/h6-10,13-15,18,21H,11-12,16-17H2,1-5H3,(H,30,33).